The van der Waals surface area contributed by atoms with Crippen molar-refractivity contribution in [1.82, 2.24) is 4.90 Å². The number of rotatable bonds is 6. The van der Waals surface area contributed by atoms with E-state index in [1.165, 1.54) is 6.08 Å². The van der Waals surface area contributed by atoms with Crippen LogP contribution in [0.3, 0.4) is 0 Å². The summed E-state index contributed by atoms with van der Waals surface area (Å²) >= 11 is 5.94. The first-order valence-electron chi connectivity index (χ1n) is 5.96. The van der Waals surface area contributed by atoms with Crippen molar-refractivity contribution in [2.24, 2.45) is 0 Å². The number of aliphatic carboxylic acids is 2. The highest BCUT2D eigenvalue weighted by atomic mass is 35.5. The minimum absolute atomic E-state index is 0.539. The van der Waals surface area contributed by atoms with E-state index in [9.17, 15) is 14.4 Å². The maximum absolute atomic E-state index is 11.8. The first-order chi connectivity index (χ1) is 9.79. The number of halogens is 1. The van der Waals surface area contributed by atoms with Gasteiger partial charge in [0, 0.05) is 11.1 Å². The van der Waals surface area contributed by atoms with Gasteiger partial charge in [-0.3, -0.25) is 14.4 Å². The van der Waals surface area contributed by atoms with Crippen molar-refractivity contribution < 1.29 is 24.6 Å². The van der Waals surface area contributed by atoms with Gasteiger partial charge in [-0.05, 0) is 30.2 Å². The Kier molecular flexibility index (Phi) is 5.92. The Bertz CT molecular complexity index is 581. The molecule has 0 heterocycles. The van der Waals surface area contributed by atoms with Crippen molar-refractivity contribution in [3.05, 3.63) is 40.4 Å². The van der Waals surface area contributed by atoms with Crippen LogP contribution in [-0.2, 0) is 14.4 Å². The van der Waals surface area contributed by atoms with E-state index in [2.05, 4.69) is 0 Å². The number of amides is 1. The number of hydrogen-bond acceptors (Lipinski definition) is 3. The third-order valence-corrected chi connectivity index (χ3v) is 2.99. The molecule has 1 aromatic carbocycles. The molecule has 0 aliphatic heterocycles. The van der Waals surface area contributed by atoms with Crippen LogP contribution in [0.5, 0.6) is 0 Å². The molecule has 6 nitrogen and oxygen atoms in total. The van der Waals surface area contributed by atoms with Crippen molar-refractivity contribution in [2.45, 2.75) is 6.92 Å². The molecule has 0 saturated carbocycles. The molecule has 0 saturated heterocycles. The first kappa shape index (κ1) is 16.7. The zero-order valence-electron chi connectivity index (χ0n) is 11.2. The van der Waals surface area contributed by atoms with Crippen LogP contribution in [0.2, 0.25) is 5.02 Å². The SMILES string of the molecule is Cc1ccc(C=CC(=O)N(CC(=O)O)CC(=O)O)cc1Cl. The Morgan fingerprint density at radius 1 is 1.19 bits per heavy atom. The quantitative estimate of drug-likeness (QED) is 0.779. The van der Waals surface area contributed by atoms with Gasteiger partial charge in [0.1, 0.15) is 13.1 Å². The number of hydrogen-bond donors (Lipinski definition) is 2. The number of carboxylic acid groups (broad SMARTS) is 2. The molecule has 0 spiro atoms. The van der Waals surface area contributed by atoms with E-state index in [1.807, 2.05) is 6.92 Å². The van der Waals surface area contributed by atoms with Crippen molar-refractivity contribution in [3.8, 4) is 0 Å². The predicted molar refractivity (Wildman–Crippen MR) is 77.1 cm³/mol. The highest BCUT2D eigenvalue weighted by Crippen LogP contribution is 2.17. The van der Waals surface area contributed by atoms with Crippen molar-refractivity contribution in [2.75, 3.05) is 13.1 Å². The van der Waals surface area contributed by atoms with Gasteiger partial charge in [0.25, 0.3) is 0 Å². The van der Waals surface area contributed by atoms with E-state index >= 15 is 0 Å². The second-order valence-corrected chi connectivity index (χ2v) is 4.73. The third-order valence-electron chi connectivity index (χ3n) is 2.58. The minimum atomic E-state index is -1.28. The summed E-state index contributed by atoms with van der Waals surface area (Å²) in [4.78, 5) is 33.8. The average Bonchev–Trinajstić information content (AvgIpc) is 2.38. The van der Waals surface area contributed by atoms with Crippen LogP contribution in [0.25, 0.3) is 6.08 Å². The van der Waals surface area contributed by atoms with Gasteiger partial charge in [0.05, 0.1) is 0 Å². The summed E-state index contributed by atoms with van der Waals surface area (Å²) in [6, 6.07) is 5.17. The Morgan fingerprint density at radius 3 is 2.24 bits per heavy atom. The summed E-state index contributed by atoms with van der Waals surface area (Å²) in [6.07, 6.45) is 2.57. The number of carbonyl (C=O) groups excluding carboxylic acids is 1. The molecule has 1 amide bonds. The van der Waals surface area contributed by atoms with Gasteiger partial charge in [-0.2, -0.15) is 0 Å². The van der Waals surface area contributed by atoms with Crippen LogP contribution >= 0.6 is 11.6 Å². The smallest absolute Gasteiger partial charge is 0.323 e. The second-order valence-electron chi connectivity index (χ2n) is 4.32. The van der Waals surface area contributed by atoms with E-state index in [0.717, 1.165) is 16.5 Å². The lowest BCUT2D eigenvalue weighted by Crippen LogP contribution is -2.38. The molecule has 0 bridgehead atoms. The fourth-order valence-electron chi connectivity index (χ4n) is 1.52. The van der Waals surface area contributed by atoms with Gasteiger partial charge in [0.15, 0.2) is 0 Å². The maximum Gasteiger partial charge on any atom is 0.323 e. The number of carboxylic acids is 2. The molecule has 0 unspecified atom stereocenters. The standard InChI is InChI=1S/C14H14ClNO5/c1-9-2-3-10(6-11(9)15)4-5-12(17)16(7-13(18)19)8-14(20)21/h2-6H,7-8H2,1H3,(H,18,19)(H,20,21). The maximum atomic E-state index is 11.8. The van der Waals surface area contributed by atoms with Gasteiger partial charge < -0.3 is 15.1 Å². The fourth-order valence-corrected chi connectivity index (χ4v) is 1.71. The monoisotopic (exact) mass is 311 g/mol. The number of benzene rings is 1. The minimum Gasteiger partial charge on any atom is -0.480 e. The third kappa shape index (κ3) is 5.66. The molecular weight excluding hydrogens is 298 g/mol. The summed E-state index contributed by atoms with van der Waals surface area (Å²) in [6.45, 7) is 0.483. The molecule has 0 radical (unpaired) electrons. The molecule has 21 heavy (non-hydrogen) atoms. The Balaban J connectivity index is 2.83. The molecular formula is C14H14ClNO5. The second kappa shape index (κ2) is 7.44. The summed E-state index contributed by atoms with van der Waals surface area (Å²) < 4.78 is 0. The number of carbonyl (C=O) groups is 3. The lowest BCUT2D eigenvalue weighted by molar-refractivity contribution is -0.147. The largest absolute Gasteiger partial charge is 0.480 e. The molecule has 0 atom stereocenters. The Labute approximate surface area is 126 Å². The van der Waals surface area contributed by atoms with Crippen LogP contribution in [0, 0.1) is 6.92 Å². The molecule has 2 N–H and O–H groups in total. The molecule has 1 rings (SSSR count). The zero-order chi connectivity index (χ0) is 16.0. The molecule has 0 aliphatic carbocycles. The van der Waals surface area contributed by atoms with Crippen LogP contribution in [0.1, 0.15) is 11.1 Å². The predicted octanol–water partition coefficient (Wildman–Crippen LogP) is 1.66. The van der Waals surface area contributed by atoms with Gasteiger partial charge in [-0.25, -0.2) is 0 Å². The van der Waals surface area contributed by atoms with Crippen molar-refractivity contribution >= 4 is 35.5 Å². The topological polar surface area (TPSA) is 94.9 Å². The highest BCUT2D eigenvalue weighted by molar-refractivity contribution is 6.31. The van der Waals surface area contributed by atoms with Gasteiger partial charge >= 0.3 is 11.9 Å². The molecule has 112 valence electrons. The van der Waals surface area contributed by atoms with E-state index in [4.69, 9.17) is 21.8 Å². The average molecular weight is 312 g/mol. The summed E-state index contributed by atoms with van der Waals surface area (Å²) in [5, 5.41) is 17.9. The molecule has 7 heteroatoms. The molecule has 1 aromatic rings. The van der Waals surface area contributed by atoms with Crippen LogP contribution < -0.4 is 0 Å². The van der Waals surface area contributed by atoms with Crippen LogP contribution in [-0.4, -0.2) is 46.0 Å². The number of nitrogens with zero attached hydrogens (tertiary/aromatic N) is 1. The molecule has 0 fully saturated rings. The van der Waals surface area contributed by atoms with Crippen molar-refractivity contribution in [3.63, 3.8) is 0 Å². The fraction of sp³-hybridized carbons (Fsp3) is 0.214. The zero-order valence-corrected chi connectivity index (χ0v) is 12.0. The summed E-state index contributed by atoms with van der Waals surface area (Å²) in [5.41, 5.74) is 1.54. The highest BCUT2D eigenvalue weighted by Gasteiger charge is 2.17. The van der Waals surface area contributed by atoms with E-state index < -0.39 is 30.9 Å². The van der Waals surface area contributed by atoms with E-state index in [1.54, 1.807) is 18.2 Å². The first-order valence-corrected chi connectivity index (χ1v) is 6.34. The van der Waals surface area contributed by atoms with Crippen molar-refractivity contribution in [1.29, 1.82) is 0 Å². The Morgan fingerprint density at radius 2 is 1.76 bits per heavy atom. The molecule has 0 aromatic heterocycles. The van der Waals surface area contributed by atoms with Crippen LogP contribution in [0.15, 0.2) is 24.3 Å². The van der Waals surface area contributed by atoms with E-state index in [-0.39, 0.29) is 0 Å². The van der Waals surface area contributed by atoms with Gasteiger partial charge in [-0.15, -0.1) is 0 Å². The number of aryl methyl sites for hydroxylation is 1. The van der Waals surface area contributed by atoms with Gasteiger partial charge in [-0.1, -0.05) is 23.7 Å². The summed E-state index contributed by atoms with van der Waals surface area (Å²) in [5.74, 6) is -3.26. The summed E-state index contributed by atoms with van der Waals surface area (Å²) in [7, 11) is 0. The van der Waals surface area contributed by atoms with E-state index in [0.29, 0.717) is 10.6 Å². The Hall–Kier alpha value is -2.34. The van der Waals surface area contributed by atoms with Crippen LogP contribution in [0.4, 0.5) is 0 Å². The van der Waals surface area contributed by atoms with Gasteiger partial charge in [0.2, 0.25) is 5.91 Å². The lowest BCUT2D eigenvalue weighted by atomic mass is 10.1. The normalized spacial score (nSPS) is 10.6. The lowest BCUT2D eigenvalue weighted by Gasteiger charge is -2.16. The molecule has 0 aliphatic rings.